The number of nitrogens with one attached hydrogen (secondary N) is 1. The molecule has 3 N–H and O–H groups in total. The molecule has 2 aromatic heterocycles. The predicted octanol–water partition coefficient (Wildman–Crippen LogP) is 2.34. The van der Waals surface area contributed by atoms with Gasteiger partial charge >= 0.3 is 0 Å². The van der Waals surface area contributed by atoms with Gasteiger partial charge < -0.3 is 25.3 Å². The molecule has 2 fully saturated rings. The SMILES string of the molecule is NC(=O)C1(C(Cc2ccccc2)NC(=O)c2cccnc2-n2cnc(-c3ccc(CN4CCOCC4)cc3)c2)OCCO1. The molecule has 2 aliphatic heterocycles. The van der Waals surface area contributed by atoms with Gasteiger partial charge in [-0.25, -0.2) is 9.97 Å². The van der Waals surface area contributed by atoms with Crippen LogP contribution >= 0.6 is 0 Å². The number of carbonyl (C=O) groups excluding carboxylic acids is 2. The van der Waals surface area contributed by atoms with Crippen LogP contribution in [-0.4, -0.2) is 82.6 Å². The molecule has 0 aliphatic carbocycles. The lowest BCUT2D eigenvalue weighted by molar-refractivity contribution is -0.189. The molecule has 4 aromatic rings. The second-order valence-electron chi connectivity index (χ2n) is 10.6. The third-order valence-electron chi connectivity index (χ3n) is 7.72. The molecule has 2 aromatic carbocycles. The minimum absolute atomic E-state index is 0.189. The van der Waals surface area contributed by atoms with E-state index >= 15 is 0 Å². The average molecular weight is 583 g/mol. The molecule has 6 rings (SSSR count). The summed E-state index contributed by atoms with van der Waals surface area (Å²) in [5.41, 5.74) is 9.87. The smallest absolute Gasteiger partial charge is 0.280 e. The molecule has 0 radical (unpaired) electrons. The highest BCUT2D eigenvalue weighted by molar-refractivity contribution is 5.98. The Balaban J connectivity index is 1.22. The highest BCUT2D eigenvalue weighted by atomic mass is 16.7. The predicted molar refractivity (Wildman–Crippen MR) is 158 cm³/mol. The fourth-order valence-corrected chi connectivity index (χ4v) is 5.48. The standard InChI is InChI=1S/C32H34N6O5/c33-31(40)32(42-17-18-43-32)28(19-23-5-2-1-3-6-23)36-30(39)26-7-4-12-34-29(26)38-21-27(35-22-38)25-10-8-24(9-11-25)20-37-13-15-41-16-14-37/h1-12,21-22,28H,13-20H2,(H2,33,40)(H,36,39). The number of imidazole rings is 1. The molecule has 2 aliphatic rings. The van der Waals surface area contributed by atoms with Crippen molar-refractivity contribution in [2.75, 3.05) is 39.5 Å². The number of carbonyl (C=O) groups is 2. The van der Waals surface area contributed by atoms with Gasteiger partial charge in [0.05, 0.1) is 43.7 Å². The van der Waals surface area contributed by atoms with Crippen molar-refractivity contribution < 1.29 is 23.8 Å². The van der Waals surface area contributed by atoms with Gasteiger partial charge in [0.25, 0.3) is 17.6 Å². The maximum absolute atomic E-state index is 13.8. The second kappa shape index (κ2) is 12.8. The lowest BCUT2D eigenvalue weighted by Crippen LogP contribution is -2.61. The monoisotopic (exact) mass is 582 g/mol. The van der Waals surface area contributed by atoms with Crippen molar-refractivity contribution in [3.05, 3.63) is 102 Å². The molecular weight excluding hydrogens is 548 g/mol. The van der Waals surface area contributed by atoms with Crippen LogP contribution in [0.25, 0.3) is 17.1 Å². The topological polar surface area (TPSA) is 134 Å². The normalized spacial score (nSPS) is 17.4. The van der Waals surface area contributed by atoms with Gasteiger partial charge in [0.15, 0.2) is 5.82 Å². The van der Waals surface area contributed by atoms with Crippen LogP contribution in [0.3, 0.4) is 0 Å². The van der Waals surface area contributed by atoms with Gasteiger partial charge in [0, 0.05) is 37.6 Å². The average Bonchev–Trinajstić information content (AvgIpc) is 3.74. The zero-order valence-electron chi connectivity index (χ0n) is 23.7. The van der Waals surface area contributed by atoms with Crippen LogP contribution in [0.4, 0.5) is 0 Å². The molecule has 0 saturated carbocycles. The molecule has 1 unspecified atom stereocenters. The molecule has 0 bridgehead atoms. The molecule has 11 nitrogen and oxygen atoms in total. The van der Waals surface area contributed by atoms with Crippen molar-refractivity contribution in [3.63, 3.8) is 0 Å². The van der Waals surface area contributed by atoms with E-state index in [9.17, 15) is 9.59 Å². The van der Waals surface area contributed by atoms with Gasteiger partial charge in [-0.3, -0.25) is 19.1 Å². The minimum atomic E-state index is -1.79. The summed E-state index contributed by atoms with van der Waals surface area (Å²) < 4.78 is 18.6. The first-order valence-corrected chi connectivity index (χ1v) is 14.3. The van der Waals surface area contributed by atoms with E-state index < -0.39 is 23.6 Å². The molecule has 4 heterocycles. The largest absolute Gasteiger partial charge is 0.379 e. The number of pyridine rings is 1. The van der Waals surface area contributed by atoms with Gasteiger partial charge in [-0.15, -0.1) is 0 Å². The summed E-state index contributed by atoms with van der Waals surface area (Å²) in [6.07, 6.45) is 5.35. The fraction of sp³-hybridized carbons (Fsp3) is 0.312. The summed E-state index contributed by atoms with van der Waals surface area (Å²) >= 11 is 0. The lowest BCUT2D eigenvalue weighted by Gasteiger charge is -2.33. The van der Waals surface area contributed by atoms with Gasteiger partial charge in [-0.2, -0.15) is 0 Å². The van der Waals surface area contributed by atoms with E-state index in [0.29, 0.717) is 11.4 Å². The summed E-state index contributed by atoms with van der Waals surface area (Å²) in [6.45, 7) is 4.66. The van der Waals surface area contributed by atoms with E-state index in [1.807, 2.05) is 48.7 Å². The van der Waals surface area contributed by atoms with Crippen LogP contribution in [-0.2, 0) is 32.0 Å². The maximum atomic E-state index is 13.8. The highest BCUT2D eigenvalue weighted by Crippen LogP contribution is 2.27. The Morgan fingerprint density at radius 1 is 0.907 bits per heavy atom. The minimum Gasteiger partial charge on any atom is -0.379 e. The Morgan fingerprint density at radius 2 is 1.65 bits per heavy atom. The van der Waals surface area contributed by atoms with E-state index in [-0.39, 0.29) is 19.6 Å². The van der Waals surface area contributed by atoms with Gasteiger partial charge in [-0.05, 0) is 29.7 Å². The number of nitrogens with two attached hydrogens (primary N) is 1. The number of hydrogen-bond donors (Lipinski definition) is 2. The summed E-state index contributed by atoms with van der Waals surface area (Å²) in [4.78, 5) is 37.8. The number of nitrogens with zero attached hydrogens (tertiary/aromatic N) is 4. The van der Waals surface area contributed by atoms with Gasteiger partial charge in [0.1, 0.15) is 6.33 Å². The Morgan fingerprint density at radius 3 is 2.37 bits per heavy atom. The molecule has 2 amide bonds. The van der Waals surface area contributed by atoms with Crippen LogP contribution < -0.4 is 11.1 Å². The van der Waals surface area contributed by atoms with E-state index in [2.05, 4.69) is 32.3 Å². The van der Waals surface area contributed by atoms with Crippen molar-refractivity contribution in [1.82, 2.24) is 24.8 Å². The molecule has 43 heavy (non-hydrogen) atoms. The van der Waals surface area contributed by atoms with Crippen LogP contribution in [0.15, 0.2) is 85.5 Å². The number of benzene rings is 2. The number of rotatable bonds is 10. The molecule has 0 spiro atoms. The second-order valence-corrected chi connectivity index (χ2v) is 10.6. The highest BCUT2D eigenvalue weighted by Gasteiger charge is 2.51. The summed E-state index contributed by atoms with van der Waals surface area (Å²) in [5.74, 6) is -2.65. The van der Waals surface area contributed by atoms with Crippen LogP contribution in [0.2, 0.25) is 0 Å². The molecule has 1 atom stereocenters. The molecular formula is C32H34N6O5. The number of morpholine rings is 1. The Bertz CT molecular complexity index is 1550. The van der Waals surface area contributed by atoms with Crippen LogP contribution in [0, 0.1) is 0 Å². The number of ether oxygens (including phenoxy) is 3. The maximum Gasteiger partial charge on any atom is 0.280 e. The quantitative estimate of drug-likeness (QED) is 0.291. The Labute approximate surface area is 249 Å². The Hall–Kier alpha value is -4.42. The summed E-state index contributed by atoms with van der Waals surface area (Å²) in [5, 5.41) is 2.96. The van der Waals surface area contributed by atoms with Crippen LogP contribution in [0.1, 0.15) is 21.5 Å². The van der Waals surface area contributed by atoms with Crippen molar-refractivity contribution in [2.24, 2.45) is 5.73 Å². The summed E-state index contributed by atoms with van der Waals surface area (Å²) in [7, 11) is 0. The van der Waals surface area contributed by atoms with E-state index in [0.717, 1.165) is 49.7 Å². The number of primary amides is 1. The number of hydrogen-bond acceptors (Lipinski definition) is 8. The van der Waals surface area contributed by atoms with Gasteiger partial charge in [0.2, 0.25) is 0 Å². The first-order valence-electron chi connectivity index (χ1n) is 14.3. The summed E-state index contributed by atoms with van der Waals surface area (Å²) in [6, 6.07) is 20.3. The van der Waals surface area contributed by atoms with Crippen molar-refractivity contribution in [1.29, 1.82) is 0 Å². The third-order valence-corrected chi connectivity index (χ3v) is 7.72. The first kappa shape index (κ1) is 28.7. The molecule has 2 saturated heterocycles. The van der Waals surface area contributed by atoms with E-state index in [1.54, 1.807) is 29.2 Å². The van der Waals surface area contributed by atoms with E-state index in [4.69, 9.17) is 19.9 Å². The third kappa shape index (κ3) is 6.35. The van der Waals surface area contributed by atoms with Crippen molar-refractivity contribution in [3.8, 4) is 17.1 Å². The van der Waals surface area contributed by atoms with Crippen molar-refractivity contribution in [2.45, 2.75) is 24.8 Å². The zero-order valence-corrected chi connectivity index (χ0v) is 23.7. The first-order chi connectivity index (χ1) is 21.0. The lowest BCUT2D eigenvalue weighted by atomic mass is 9.97. The Kier molecular flexibility index (Phi) is 8.57. The van der Waals surface area contributed by atoms with Crippen molar-refractivity contribution >= 4 is 11.8 Å². The molecule has 11 heteroatoms. The van der Waals surface area contributed by atoms with Gasteiger partial charge in [-0.1, -0.05) is 54.6 Å². The molecule has 222 valence electrons. The van der Waals surface area contributed by atoms with E-state index in [1.165, 1.54) is 5.56 Å². The van der Waals surface area contributed by atoms with Crippen LogP contribution in [0.5, 0.6) is 0 Å². The zero-order chi connectivity index (χ0) is 29.6. The fourth-order valence-electron chi connectivity index (χ4n) is 5.48. The number of aromatic nitrogens is 3. The number of amides is 2.